The van der Waals surface area contributed by atoms with Crippen LogP contribution >= 0.6 is 0 Å². The van der Waals surface area contributed by atoms with E-state index >= 15 is 0 Å². The Hall–Kier alpha value is -3.68. The van der Waals surface area contributed by atoms with E-state index in [9.17, 15) is 9.59 Å². The molecular weight excluding hydrogens is 440 g/mol. The Morgan fingerprint density at radius 1 is 0.686 bits per heavy atom. The largest absolute Gasteiger partial charge is 0.457 e. The van der Waals surface area contributed by atoms with Crippen molar-refractivity contribution < 1.29 is 14.3 Å². The molecule has 0 bridgehead atoms. The normalized spacial score (nSPS) is 10.5. The predicted octanol–water partition coefficient (Wildman–Crippen LogP) is 4.58. The van der Waals surface area contributed by atoms with Gasteiger partial charge in [0, 0.05) is 18.3 Å². The minimum atomic E-state index is -0.0654. The second kappa shape index (κ2) is 14.6. The molecule has 0 aliphatic carbocycles. The highest BCUT2D eigenvalue weighted by Gasteiger charge is 2.03. The number of anilines is 2. The molecule has 7 nitrogen and oxygen atoms in total. The third-order valence-electron chi connectivity index (χ3n) is 5.22. The highest BCUT2D eigenvalue weighted by molar-refractivity contribution is 5.92. The van der Waals surface area contributed by atoms with Crippen LogP contribution in [0.25, 0.3) is 0 Å². The Bertz CT molecular complexity index is 1040. The maximum atomic E-state index is 12.1. The molecule has 0 unspecified atom stereocenters. The SMILES string of the molecule is CC(=O)Nc1ccc(CCNCCCCNCC(=O)Nc2ccc(Oc3ccccc3)cc2)cc1. The summed E-state index contributed by atoms with van der Waals surface area (Å²) in [5, 5.41) is 12.3. The average Bonchev–Trinajstić information content (AvgIpc) is 2.85. The first-order valence-corrected chi connectivity index (χ1v) is 12.0. The quantitative estimate of drug-likeness (QED) is 0.257. The lowest BCUT2D eigenvalue weighted by atomic mass is 10.1. The van der Waals surface area contributed by atoms with Crippen molar-refractivity contribution in [2.75, 3.05) is 36.8 Å². The van der Waals surface area contributed by atoms with Crippen molar-refractivity contribution in [3.05, 3.63) is 84.4 Å². The number of nitrogens with one attached hydrogen (secondary N) is 4. The third kappa shape index (κ3) is 10.4. The molecule has 4 N–H and O–H groups in total. The minimum Gasteiger partial charge on any atom is -0.457 e. The second-order valence-electron chi connectivity index (χ2n) is 8.25. The lowest BCUT2D eigenvalue weighted by molar-refractivity contribution is -0.115. The smallest absolute Gasteiger partial charge is 0.238 e. The molecule has 0 fully saturated rings. The molecule has 0 saturated heterocycles. The standard InChI is InChI=1S/C28H34N4O3/c1-22(33)31-24-11-9-23(10-12-24)17-20-29-18-5-6-19-30-21-28(34)32-25-13-15-27(16-14-25)35-26-7-3-2-4-8-26/h2-4,7-16,29-30H,5-6,17-21H2,1H3,(H,31,33)(H,32,34). The van der Waals surface area contributed by atoms with Gasteiger partial charge in [-0.2, -0.15) is 0 Å². The van der Waals surface area contributed by atoms with E-state index in [4.69, 9.17) is 4.74 Å². The topological polar surface area (TPSA) is 91.5 Å². The molecule has 184 valence electrons. The Labute approximate surface area is 207 Å². The zero-order chi connectivity index (χ0) is 24.7. The molecule has 0 atom stereocenters. The first-order valence-electron chi connectivity index (χ1n) is 12.0. The van der Waals surface area contributed by atoms with Gasteiger partial charge in [0.2, 0.25) is 11.8 Å². The van der Waals surface area contributed by atoms with Crippen molar-refractivity contribution in [2.45, 2.75) is 26.2 Å². The van der Waals surface area contributed by atoms with Crippen LogP contribution in [0, 0.1) is 0 Å². The number of ether oxygens (including phenoxy) is 1. The van der Waals surface area contributed by atoms with Crippen LogP contribution in [-0.4, -0.2) is 38.0 Å². The molecule has 2 amide bonds. The zero-order valence-corrected chi connectivity index (χ0v) is 20.2. The Balaban J connectivity index is 1.19. The van der Waals surface area contributed by atoms with Crippen LogP contribution in [0.3, 0.4) is 0 Å². The number of hydrogen-bond donors (Lipinski definition) is 4. The summed E-state index contributed by atoms with van der Waals surface area (Å²) >= 11 is 0. The van der Waals surface area contributed by atoms with Crippen molar-refractivity contribution in [3.63, 3.8) is 0 Å². The summed E-state index contributed by atoms with van der Waals surface area (Å²) < 4.78 is 5.76. The van der Waals surface area contributed by atoms with E-state index in [1.54, 1.807) is 0 Å². The maximum absolute atomic E-state index is 12.1. The van der Waals surface area contributed by atoms with Gasteiger partial charge in [-0.15, -0.1) is 0 Å². The highest BCUT2D eigenvalue weighted by atomic mass is 16.5. The van der Waals surface area contributed by atoms with Gasteiger partial charge in [-0.25, -0.2) is 0 Å². The fourth-order valence-corrected chi connectivity index (χ4v) is 3.45. The lowest BCUT2D eigenvalue weighted by Crippen LogP contribution is -2.29. The van der Waals surface area contributed by atoms with Gasteiger partial charge < -0.3 is 26.0 Å². The first kappa shape index (κ1) is 25.9. The zero-order valence-electron chi connectivity index (χ0n) is 20.2. The number of hydrogen-bond acceptors (Lipinski definition) is 5. The van der Waals surface area contributed by atoms with Gasteiger partial charge >= 0.3 is 0 Å². The first-order chi connectivity index (χ1) is 17.1. The number of carbonyl (C=O) groups excluding carboxylic acids is 2. The minimum absolute atomic E-state index is 0.0606. The van der Waals surface area contributed by atoms with Crippen molar-refractivity contribution in [1.82, 2.24) is 10.6 Å². The fourth-order valence-electron chi connectivity index (χ4n) is 3.45. The number of unbranched alkanes of at least 4 members (excludes halogenated alkanes) is 1. The van der Waals surface area contributed by atoms with Gasteiger partial charge in [-0.05, 0) is 93.0 Å². The number of benzene rings is 3. The molecular formula is C28H34N4O3. The number of carbonyl (C=O) groups is 2. The summed E-state index contributed by atoms with van der Waals surface area (Å²) in [6.07, 6.45) is 2.98. The lowest BCUT2D eigenvalue weighted by Gasteiger charge is -2.09. The summed E-state index contributed by atoms with van der Waals surface area (Å²) in [4.78, 5) is 23.2. The van der Waals surface area contributed by atoms with Crippen molar-refractivity contribution >= 4 is 23.2 Å². The summed E-state index contributed by atoms with van der Waals surface area (Å²) in [7, 11) is 0. The summed E-state index contributed by atoms with van der Waals surface area (Å²) in [5.74, 6) is 1.37. The van der Waals surface area contributed by atoms with Crippen LogP contribution in [0.4, 0.5) is 11.4 Å². The van der Waals surface area contributed by atoms with E-state index < -0.39 is 0 Å². The van der Waals surface area contributed by atoms with E-state index in [1.807, 2.05) is 78.9 Å². The summed E-state index contributed by atoms with van der Waals surface area (Å²) in [6.45, 7) is 4.43. The number of rotatable bonds is 14. The molecule has 0 aromatic heterocycles. The monoisotopic (exact) mass is 474 g/mol. The Morgan fingerprint density at radius 3 is 1.97 bits per heavy atom. The molecule has 0 aliphatic heterocycles. The van der Waals surface area contributed by atoms with Crippen molar-refractivity contribution in [3.8, 4) is 11.5 Å². The second-order valence-corrected chi connectivity index (χ2v) is 8.25. The predicted molar refractivity (Wildman–Crippen MR) is 141 cm³/mol. The molecule has 3 aromatic carbocycles. The van der Waals surface area contributed by atoms with Gasteiger partial charge in [-0.1, -0.05) is 30.3 Å². The van der Waals surface area contributed by atoms with Crippen LogP contribution in [0.1, 0.15) is 25.3 Å². The highest BCUT2D eigenvalue weighted by Crippen LogP contribution is 2.22. The van der Waals surface area contributed by atoms with Crippen LogP contribution in [0.5, 0.6) is 11.5 Å². The maximum Gasteiger partial charge on any atom is 0.238 e. The van der Waals surface area contributed by atoms with Gasteiger partial charge in [0.25, 0.3) is 0 Å². The van der Waals surface area contributed by atoms with Gasteiger partial charge in [0.05, 0.1) is 6.54 Å². The molecule has 3 rings (SSSR count). The summed E-state index contributed by atoms with van der Waals surface area (Å²) in [5.41, 5.74) is 2.80. The van der Waals surface area contributed by atoms with Gasteiger partial charge in [0.15, 0.2) is 0 Å². The fraction of sp³-hybridized carbons (Fsp3) is 0.286. The van der Waals surface area contributed by atoms with Crippen LogP contribution < -0.4 is 26.0 Å². The van der Waals surface area contributed by atoms with E-state index in [0.29, 0.717) is 0 Å². The average molecular weight is 475 g/mol. The van der Waals surface area contributed by atoms with Gasteiger partial charge in [-0.3, -0.25) is 9.59 Å². The molecule has 3 aromatic rings. The molecule has 0 saturated carbocycles. The van der Waals surface area contributed by atoms with E-state index in [1.165, 1.54) is 12.5 Å². The van der Waals surface area contributed by atoms with Crippen LogP contribution in [0.15, 0.2) is 78.9 Å². The van der Waals surface area contributed by atoms with Crippen LogP contribution in [0.2, 0.25) is 0 Å². The molecule has 0 heterocycles. The van der Waals surface area contributed by atoms with Crippen molar-refractivity contribution in [1.29, 1.82) is 0 Å². The third-order valence-corrected chi connectivity index (χ3v) is 5.22. The molecule has 0 radical (unpaired) electrons. The van der Waals surface area contributed by atoms with E-state index in [2.05, 4.69) is 21.3 Å². The van der Waals surface area contributed by atoms with E-state index in [0.717, 1.165) is 61.8 Å². The van der Waals surface area contributed by atoms with Crippen molar-refractivity contribution in [2.24, 2.45) is 0 Å². The molecule has 0 aliphatic rings. The number of amides is 2. The van der Waals surface area contributed by atoms with Gasteiger partial charge in [0.1, 0.15) is 11.5 Å². The van der Waals surface area contributed by atoms with E-state index in [-0.39, 0.29) is 18.4 Å². The molecule has 0 spiro atoms. The van der Waals surface area contributed by atoms with Crippen LogP contribution in [-0.2, 0) is 16.0 Å². The summed E-state index contributed by atoms with van der Waals surface area (Å²) in [6, 6.07) is 24.8. The Morgan fingerprint density at radius 2 is 1.29 bits per heavy atom. The molecule has 35 heavy (non-hydrogen) atoms. The Kier molecular flexibility index (Phi) is 10.8. The number of para-hydroxylation sites is 1. The molecule has 7 heteroatoms.